The molecule has 0 spiro atoms. The number of nitrogens with zero attached hydrogens (tertiary/aromatic N) is 3. The standard InChI is InChI=1S/C11H14N4O2/c1-11(2,6-16)14-10(17)8-3-9-4-12-7-13-15(9)5-8/h3-5,7,16H,6H2,1-2H3,(H,14,17). The van der Waals surface area contributed by atoms with E-state index in [1.165, 1.54) is 6.33 Å². The van der Waals surface area contributed by atoms with Gasteiger partial charge in [-0.25, -0.2) is 9.50 Å². The van der Waals surface area contributed by atoms with E-state index in [0.717, 1.165) is 5.52 Å². The average Bonchev–Trinajstić information content (AvgIpc) is 2.72. The number of amides is 1. The van der Waals surface area contributed by atoms with Gasteiger partial charge in [-0.2, -0.15) is 5.10 Å². The molecule has 1 amide bonds. The van der Waals surface area contributed by atoms with Gasteiger partial charge in [-0.1, -0.05) is 0 Å². The Morgan fingerprint density at radius 3 is 3.00 bits per heavy atom. The monoisotopic (exact) mass is 234 g/mol. The largest absolute Gasteiger partial charge is 0.394 e. The number of rotatable bonds is 3. The second-order valence-electron chi connectivity index (χ2n) is 4.50. The third-order valence-electron chi connectivity index (χ3n) is 2.39. The summed E-state index contributed by atoms with van der Waals surface area (Å²) in [6.07, 6.45) is 4.66. The number of hydrogen-bond acceptors (Lipinski definition) is 4. The van der Waals surface area contributed by atoms with E-state index in [4.69, 9.17) is 5.11 Å². The number of aliphatic hydroxyl groups excluding tert-OH is 1. The van der Waals surface area contributed by atoms with Crippen molar-refractivity contribution in [2.24, 2.45) is 0 Å². The van der Waals surface area contributed by atoms with Crippen LogP contribution in [0.4, 0.5) is 0 Å². The van der Waals surface area contributed by atoms with Crippen LogP contribution in [0.5, 0.6) is 0 Å². The molecule has 0 aliphatic heterocycles. The predicted octanol–water partition coefficient (Wildman–Crippen LogP) is 0.230. The third-order valence-corrected chi connectivity index (χ3v) is 2.39. The van der Waals surface area contributed by atoms with Gasteiger partial charge in [-0.3, -0.25) is 4.79 Å². The minimum absolute atomic E-state index is 0.119. The molecular formula is C11H14N4O2. The number of carbonyl (C=O) groups is 1. The Hall–Kier alpha value is -1.95. The maximum absolute atomic E-state index is 11.9. The molecule has 2 heterocycles. The molecule has 0 saturated carbocycles. The van der Waals surface area contributed by atoms with E-state index in [-0.39, 0.29) is 12.5 Å². The van der Waals surface area contributed by atoms with E-state index >= 15 is 0 Å². The third kappa shape index (κ3) is 2.42. The van der Waals surface area contributed by atoms with Gasteiger partial charge in [0, 0.05) is 6.20 Å². The highest BCUT2D eigenvalue weighted by Gasteiger charge is 2.20. The van der Waals surface area contributed by atoms with Crippen LogP contribution in [0.1, 0.15) is 24.2 Å². The zero-order valence-corrected chi connectivity index (χ0v) is 9.71. The minimum atomic E-state index is -0.642. The van der Waals surface area contributed by atoms with Crippen molar-refractivity contribution in [3.63, 3.8) is 0 Å². The van der Waals surface area contributed by atoms with Crippen LogP contribution in [0, 0.1) is 0 Å². The molecule has 2 rings (SSSR count). The fraction of sp³-hybridized carbons (Fsp3) is 0.364. The molecule has 0 aromatic carbocycles. The second kappa shape index (κ2) is 4.14. The summed E-state index contributed by atoms with van der Waals surface area (Å²) >= 11 is 0. The maximum Gasteiger partial charge on any atom is 0.253 e. The topological polar surface area (TPSA) is 79.5 Å². The molecule has 90 valence electrons. The Balaban J connectivity index is 2.25. The maximum atomic E-state index is 11.9. The molecule has 2 aromatic heterocycles. The van der Waals surface area contributed by atoms with Gasteiger partial charge in [-0.15, -0.1) is 0 Å². The Morgan fingerprint density at radius 2 is 2.35 bits per heavy atom. The van der Waals surface area contributed by atoms with Crippen molar-refractivity contribution in [2.45, 2.75) is 19.4 Å². The summed E-state index contributed by atoms with van der Waals surface area (Å²) < 4.78 is 1.58. The van der Waals surface area contributed by atoms with E-state index < -0.39 is 5.54 Å². The molecule has 2 aromatic rings. The highest BCUT2D eigenvalue weighted by molar-refractivity contribution is 5.95. The highest BCUT2D eigenvalue weighted by Crippen LogP contribution is 2.09. The zero-order valence-electron chi connectivity index (χ0n) is 9.71. The van der Waals surface area contributed by atoms with Crippen LogP contribution in [0.15, 0.2) is 24.8 Å². The van der Waals surface area contributed by atoms with Crippen LogP contribution in [0.2, 0.25) is 0 Å². The first-order chi connectivity index (χ1) is 8.02. The van der Waals surface area contributed by atoms with Crippen LogP contribution in [0.3, 0.4) is 0 Å². The highest BCUT2D eigenvalue weighted by atomic mass is 16.3. The van der Waals surface area contributed by atoms with Gasteiger partial charge in [0.2, 0.25) is 0 Å². The first-order valence-corrected chi connectivity index (χ1v) is 5.24. The SMILES string of the molecule is CC(C)(CO)NC(=O)c1cc2cncnn2c1. The molecule has 0 fully saturated rings. The van der Waals surface area contributed by atoms with Gasteiger partial charge in [0.1, 0.15) is 6.33 Å². The predicted molar refractivity (Wildman–Crippen MR) is 61.6 cm³/mol. The van der Waals surface area contributed by atoms with Gasteiger partial charge in [0.15, 0.2) is 0 Å². The van der Waals surface area contributed by atoms with Gasteiger partial charge in [0.05, 0.1) is 29.4 Å². The van der Waals surface area contributed by atoms with E-state index in [1.807, 2.05) is 0 Å². The molecule has 0 aliphatic rings. The lowest BCUT2D eigenvalue weighted by atomic mass is 10.1. The molecule has 0 unspecified atom stereocenters. The smallest absolute Gasteiger partial charge is 0.253 e. The van der Waals surface area contributed by atoms with Crippen molar-refractivity contribution >= 4 is 11.4 Å². The molecule has 0 saturated heterocycles. The van der Waals surface area contributed by atoms with Crippen LogP contribution < -0.4 is 5.32 Å². The van der Waals surface area contributed by atoms with Crippen LogP contribution in [-0.2, 0) is 0 Å². The van der Waals surface area contributed by atoms with E-state index in [1.54, 1.807) is 36.8 Å². The number of aromatic nitrogens is 3. The number of hydrogen-bond donors (Lipinski definition) is 2. The van der Waals surface area contributed by atoms with Crippen molar-refractivity contribution in [2.75, 3.05) is 6.61 Å². The molecule has 17 heavy (non-hydrogen) atoms. The van der Waals surface area contributed by atoms with Crippen molar-refractivity contribution in [1.29, 1.82) is 0 Å². The summed E-state index contributed by atoms with van der Waals surface area (Å²) in [5.41, 5.74) is 0.600. The van der Waals surface area contributed by atoms with Crippen molar-refractivity contribution in [3.8, 4) is 0 Å². The first-order valence-electron chi connectivity index (χ1n) is 5.24. The fourth-order valence-electron chi connectivity index (χ4n) is 1.40. The molecular weight excluding hydrogens is 220 g/mol. The number of fused-ring (bicyclic) bond motifs is 1. The number of carbonyl (C=O) groups excluding carboxylic acids is 1. The lowest BCUT2D eigenvalue weighted by molar-refractivity contribution is 0.0869. The van der Waals surface area contributed by atoms with Gasteiger partial charge in [0.25, 0.3) is 5.91 Å². The molecule has 0 aliphatic carbocycles. The van der Waals surface area contributed by atoms with Gasteiger partial charge in [-0.05, 0) is 19.9 Å². The fourth-order valence-corrected chi connectivity index (χ4v) is 1.40. The van der Waals surface area contributed by atoms with E-state index in [0.29, 0.717) is 5.56 Å². The Morgan fingerprint density at radius 1 is 1.59 bits per heavy atom. The Kier molecular flexibility index (Phi) is 2.81. The van der Waals surface area contributed by atoms with Crippen molar-refractivity contribution in [3.05, 3.63) is 30.4 Å². The Labute approximate surface area is 98.3 Å². The number of nitrogens with one attached hydrogen (secondary N) is 1. The lowest BCUT2D eigenvalue weighted by Gasteiger charge is -2.22. The van der Waals surface area contributed by atoms with Gasteiger partial charge < -0.3 is 10.4 Å². The summed E-state index contributed by atoms with van der Waals surface area (Å²) in [6.45, 7) is 3.38. The molecule has 0 radical (unpaired) electrons. The quantitative estimate of drug-likeness (QED) is 0.796. The molecule has 0 bridgehead atoms. The van der Waals surface area contributed by atoms with E-state index in [2.05, 4.69) is 15.4 Å². The zero-order chi connectivity index (χ0) is 12.5. The van der Waals surface area contributed by atoms with Crippen molar-refractivity contribution in [1.82, 2.24) is 19.9 Å². The number of aliphatic hydroxyl groups is 1. The summed E-state index contributed by atoms with van der Waals surface area (Å²) in [4.78, 5) is 15.8. The summed E-state index contributed by atoms with van der Waals surface area (Å²) in [5, 5.41) is 15.8. The van der Waals surface area contributed by atoms with Crippen molar-refractivity contribution < 1.29 is 9.90 Å². The summed E-state index contributed by atoms with van der Waals surface area (Å²) in [7, 11) is 0. The molecule has 0 atom stereocenters. The molecule has 2 N–H and O–H groups in total. The first kappa shape index (κ1) is 11.5. The van der Waals surface area contributed by atoms with Crippen LogP contribution in [-0.4, -0.2) is 37.8 Å². The molecule has 6 nitrogen and oxygen atoms in total. The summed E-state index contributed by atoms with van der Waals surface area (Å²) in [5.74, 6) is -0.241. The van der Waals surface area contributed by atoms with Gasteiger partial charge >= 0.3 is 0 Å². The lowest BCUT2D eigenvalue weighted by Crippen LogP contribution is -2.46. The normalized spacial score (nSPS) is 11.7. The Bertz CT molecular complexity index is 514. The second-order valence-corrected chi connectivity index (χ2v) is 4.50. The van der Waals surface area contributed by atoms with E-state index in [9.17, 15) is 4.79 Å². The average molecular weight is 234 g/mol. The van der Waals surface area contributed by atoms with Crippen LogP contribution >= 0.6 is 0 Å². The van der Waals surface area contributed by atoms with Crippen LogP contribution in [0.25, 0.3) is 5.52 Å². The summed E-state index contributed by atoms with van der Waals surface area (Å²) in [6, 6.07) is 1.70. The molecule has 6 heteroatoms. The minimum Gasteiger partial charge on any atom is -0.394 e.